The summed E-state index contributed by atoms with van der Waals surface area (Å²) in [6.07, 6.45) is 1.93. The first-order valence-electron chi connectivity index (χ1n) is 25.1. The first-order chi connectivity index (χ1) is 33.6. The summed E-state index contributed by atoms with van der Waals surface area (Å²) in [4.78, 5) is 9.62. The minimum absolute atomic E-state index is 0. The van der Waals surface area contributed by atoms with E-state index in [0.29, 0.717) is 11.5 Å². The Balaban J connectivity index is 0.00000640. The molecule has 7 aromatic carbocycles. The van der Waals surface area contributed by atoms with Gasteiger partial charge in [-0.05, 0) is 103 Å². The van der Waals surface area contributed by atoms with Crippen LogP contribution in [0.3, 0.4) is 0 Å². The van der Waals surface area contributed by atoms with E-state index in [1.54, 1.807) is 0 Å². The molecule has 0 saturated heterocycles. The molecule has 0 unspecified atom stereocenters. The Morgan fingerprint density at radius 1 is 0.444 bits per heavy atom. The zero-order valence-electron chi connectivity index (χ0n) is 44.2. The van der Waals surface area contributed by atoms with E-state index in [2.05, 4.69) is 269 Å². The normalized spacial score (nSPS) is 13.4. The molecule has 0 aliphatic carbocycles. The van der Waals surface area contributed by atoms with Crippen LogP contribution in [-0.2, 0) is 48.1 Å². The second kappa shape index (κ2) is 18.6. The van der Waals surface area contributed by atoms with Crippen molar-refractivity contribution in [1.82, 2.24) is 9.55 Å². The topological polar surface area (TPSA) is 33.5 Å². The number of anilines is 4. The van der Waals surface area contributed by atoms with E-state index in [9.17, 15) is 0 Å². The molecule has 10 rings (SSSR count). The molecule has 0 N–H and O–H groups in total. The van der Waals surface area contributed by atoms with E-state index in [1.807, 2.05) is 18.3 Å². The second-order valence-corrected chi connectivity index (χ2v) is 23.6. The summed E-state index contributed by atoms with van der Waals surface area (Å²) in [6.45, 7) is 31.9. The molecule has 370 valence electrons. The van der Waals surface area contributed by atoms with Crippen LogP contribution in [0.15, 0.2) is 164 Å². The van der Waals surface area contributed by atoms with Gasteiger partial charge in [0.2, 0.25) is 0 Å². The number of hydrogen-bond donors (Lipinski definition) is 0. The van der Waals surface area contributed by atoms with Crippen molar-refractivity contribution in [3.63, 3.8) is 0 Å². The predicted molar refractivity (Wildman–Crippen MR) is 297 cm³/mol. The van der Waals surface area contributed by atoms with Gasteiger partial charge in [0.15, 0.2) is 0 Å². The molecular formula is C66H67N4OPt-3. The first kappa shape index (κ1) is 50.5. The number of nitrogens with zero attached hydrogens (tertiary/aromatic N) is 4. The summed E-state index contributed by atoms with van der Waals surface area (Å²) in [6, 6.07) is 64.6. The fourth-order valence-corrected chi connectivity index (χ4v) is 9.98. The van der Waals surface area contributed by atoms with Gasteiger partial charge in [0.1, 0.15) is 5.82 Å². The Hall–Kier alpha value is -6.42. The fraction of sp³-hybridized carbons (Fsp3) is 0.273. The molecule has 0 saturated carbocycles. The number of pyridine rings is 1. The summed E-state index contributed by atoms with van der Waals surface area (Å²) >= 11 is 0. The van der Waals surface area contributed by atoms with Gasteiger partial charge in [0.05, 0.1) is 0 Å². The van der Waals surface area contributed by atoms with Gasteiger partial charge >= 0.3 is 0 Å². The molecule has 0 atom stereocenters. The number of fused-ring (bicyclic) bond motifs is 4. The maximum absolute atomic E-state index is 6.83. The second-order valence-electron chi connectivity index (χ2n) is 23.6. The quantitative estimate of drug-likeness (QED) is 0.135. The van der Waals surface area contributed by atoms with Gasteiger partial charge in [-0.2, -0.15) is 12.1 Å². The molecule has 0 fully saturated rings. The maximum atomic E-state index is 6.83. The number of rotatable bonds is 9. The molecule has 0 radical (unpaired) electrons. The van der Waals surface area contributed by atoms with Crippen LogP contribution in [0.4, 0.5) is 22.7 Å². The van der Waals surface area contributed by atoms with Gasteiger partial charge in [-0.15, -0.1) is 48.1 Å². The van der Waals surface area contributed by atoms with Gasteiger partial charge in [-0.3, -0.25) is 0 Å². The van der Waals surface area contributed by atoms with Crippen molar-refractivity contribution in [2.75, 3.05) is 9.80 Å². The molecule has 2 aromatic heterocycles. The Morgan fingerprint density at radius 2 is 1.01 bits per heavy atom. The minimum Gasteiger partial charge on any atom is -0.509 e. The fourth-order valence-electron chi connectivity index (χ4n) is 9.98. The maximum Gasteiger partial charge on any atom is 0.135 e. The number of benzene rings is 7. The number of ether oxygens (including phenoxy) is 1. The van der Waals surface area contributed by atoms with Crippen LogP contribution in [-0.4, -0.2) is 9.55 Å². The summed E-state index contributed by atoms with van der Waals surface area (Å²) in [5.41, 5.74) is 14.4. The first-order valence-corrected chi connectivity index (χ1v) is 25.1. The molecule has 5 nitrogen and oxygen atoms in total. The third kappa shape index (κ3) is 9.42. The standard InChI is InChI=1S/C66H67N4O.Pt/c1-62(2,3)46-33-34-67-61(40-46)70-58-38-47(65(10,11)44-21-16-14-17-22-44)27-30-55(58)56-31-29-54(42-59(56)70)71-53-26-20-25-51(41-53)68-43-69(52-36-49(63(4,5)6)35-50(37-52)64(7,8)9)57-32-28-48(39-60(57)68)66(12,13)45-23-18-15-19-24-45;/h14-40,43H,1-13H3;/q-3;. The smallest absolute Gasteiger partial charge is 0.135 e. The third-order valence-corrected chi connectivity index (χ3v) is 14.8. The van der Waals surface area contributed by atoms with Crippen molar-refractivity contribution in [2.24, 2.45) is 0 Å². The number of hydrogen-bond acceptors (Lipinski definition) is 4. The molecule has 0 amide bonds. The van der Waals surface area contributed by atoms with E-state index in [0.717, 1.165) is 50.4 Å². The average molecular weight is 1130 g/mol. The Morgan fingerprint density at radius 3 is 1.62 bits per heavy atom. The molecule has 1 aliphatic heterocycles. The molecule has 0 bridgehead atoms. The SMILES string of the molecule is CC(C)(C)c1cc(N2[CH-]N(c3[c-]c(Oc4[c-]c5c(cc4)c4ccc(C(C)(C)c6ccccc6)cc4n5-c4cc(C(C)(C)C)ccn4)ccc3)c3cc(C(C)(C)c4ccccc4)ccc32)cc(C(C)(C)C)c1.[Pt]. The Labute approximate surface area is 443 Å². The minimum atomic E-state index is -0.240. The van der Waals surface area contributed by atoms with Crippen molar-refractivity contribution in [3.8, 4) is 17.3 Å². The molecule has 1 aliphatic rings. The van der Waals surface area contributed by atoms with E-state index < -0.39 is 0 Å². The van der Waals surface area contributed by atoms with Crippen molar-refractivity contribution in [2.45, 2.75) is 117 Å². The largest absolute Gasteiger partial charge is 0.509 e. The van der Waals surface area contributed by atoms with Crippen LogP contribution in [0.25, 0.3) is 27.6 Å². The molecule has 6 heteroatoms. The number of aromatic nitrogens is 2. The van der Waals surface area contributed by atoms with Crippen LogP contribution < -0.4 is 14.5 Å². The van der Waals surface area contributed by atoms with E-state index in [1.165, 1.54) is 38.9 Å². The molecule has 0 spiro atoms. The van der Waals surface area contributed by atoms with E-state index >= 15 is 0 Å². The predicted octanol–water partition coefficient (Wildman–Crippen LogP) is 17.5. The summed E-state index contributed by atoms with van der Waals surface area (Å²) < 4.78 is 9.09. The monoisotopic (exact) mass is 1130 g/mol. The van der Waals surface area contributed by atoms with Gasteiger partial charge < -0.3 is 19.1 Å². The molecule has 72 heavy (non-hydrogen) atoms. The Bertz CT molecular complexity index is 3410. The zero-order chi connectivity index (χ0) is 50.3. The van der Waals surface area contributed by atoms with Crippen molar-refractivity contribution in [1.29, 1.82) is 0 Å². The zero-order valence-corrected chi connectivity index (χ0v) is 46.5. The molecule has 3 heterocycles. The third-order valence-electron chi connectivity index (χ3n) is 14.8. The van der Waals surface area contributed by atoms with Gasteiger partial charge in [-0.1, -0.05) is 180 Å². The van der Waals surface area contributed by atoms with E-state index in [4.69, 9.17) is 9.72 Å². The van der Waals surface area contributed by atoms with Gasteiger partial charge in [0.25, 0.3) is 0 Å². The average Bonchev–Trinajstić information content (AvgIpc) is 3.89. The molecule has 9 aromatic rings. The summed E-state index contributed by atoms with van der Waals surface area (Å²) in [7, 11) is 0. The summed E-state index contributed by atoms with van der Waals surface area (Å²) in [5, 5.41) is 2.22. The Kier molecular flexibility index (Phi) is 13.0. The van der Waals surface area contributed by atoms with Crippen molar-refractivity contribution >= 4 is 44.6 Å². The summed E-state index contributed by atoms with van der Waals surface area (Å²) in [5.74, 6) is 2.04. The van der Waals surface area contributed by atoms with Gasteiger partial charge in [0, 0.05) is 72.2 Å². The molecular weight excluding hydrogens is 1060 g/mol. The van der Waals surface area contributed by atoms with Crippen LogP contribution in [0.5, 0.6) is 11.5 Å². The van der Waals surface area contributed by atoms with Crippen LogP contribution >= 0.6 is 0 Å². The van der Waals surface area contributed by atoms with E-state index in [-0.39, 0.29) is 48.1 Å². The van der Waals surface area contributed by atoms with Crippen LogP contribution in [0.1, 0.15) is 129 Å². The van der Waals surface area contributed by atoms with Gasteiger partial charge in [-0.25, -0.2) is 4.98 Å². The van der Waals surface area contributed by atoms with Crippen LogP contribution in [0, 0.1) is 18.8 Å². The van der Waals surface area contributed by atoms with Crippen molar-refractivity contribution in [3.05, 3.63) is 222 Å². The van der Waals surface area contributed by atoms with Crippen LogP contribution in [0.2, 0.25) is 0 Å². The van der Waals surface area contributed by atoms with Crippen molar-refractivity contribution < 1.29 is 25.8 Å².